The molecule has 7 heteroatoms. The quantitative estimate of drug-likeness (QED) is 0.804. The summed E-state index contributed by atoms with van der Waals surface area (Å²) in [5.74, 6) is -0.610. The maximum Gasteiger partial charge on any atom is 0.228 e. The molecule has 25 heavy (non-hydrogen) atoms. The lowest BCUT2D eigenvalue weighted by molar-refractivity contribution is -0.125. The molecule has 0 bridgehead atoms. The van der Waals surface area contributed by atoms with E-state index in [1.165, 1.54) is 0 Å². The van der Waals surface area contributed by atoms with Crippen molar-refractivity contribution in [3.8, 4) is 0 Å². The van der Waals surface area contributed by atoms with E-state index in [0.29, 0.717) is 23.7 Å². The second-order valence-corrected chi connectivity index (χ2v) is 7.00. The van der Waals surface area contributed by atoms with Gasteiger partial charge in [-0.3, -0.25) is 14.5 Å². The summed E-state index contributed by atoms with van der Waals surface area (Å²) in [5.41, 5.74) is 1.54. The fourth-order valence-corrected chi connectivity index (χ4v) is 3.21. The first-order valence-corrected chi connectivity index (χ1v) is 9.08. The third-order valence-corrected chi connectivity index (χ3v) is 5.23. The molecular formula is C18H24ClN3O3. The molecule has 1 saturated heterocycles. The second kappa shape index (κ2) is 8.17. The topological polar surface area (TPSA) is 70.7 Å². The van der Waals surface area contributed by atoms with E-state index in [4.69, 9.17) is 16.3 Å². The van der Waals surface area contributed by atoms with E-state index in [1.54, 1.807) is 12.1 Å². The van der Waals surface area contributed by atoms with Crippen molar-refractivity contribution >= 4 is 29.1 Å². The Bertz CT molecular complexity index is 646. The molecule has 1 aromatic rings. The number of amides is 2. The normalized spacial score (nSPS) is 23.1. The van der Waals surface area contributed by atoms with Crippen LogP contribution in [0.2, 0.25) is 5.02 Å². The molecule has 2 amide bonds. The minimum Gasteiger partial charge on any atom is -0.379 e. The molecule has 1 aliphatic heterocycles. The summed E-state index contributed by atoms with van der Waals surface area (Å²) in [6, 6.07) is 5.40. The fourth-order valence-electron chi connectivity index (χ4n) is 3.04. The van der Waals surface area contributed by atoms with Gasteiger partial charge < -0.3 is 15.4 Å². The molecule has 3 rings (SSSR count). The first-order valence-electron chi connectivity index (χ1n) is 8.70. The van der Waals surface area contributed by atoms with Gasteiger partial charge in [0.25, 0.3) is 0 Å². The van der Waals surface area contributed by atoms with Crippen LogP contribution in [0.3, 0.4) is 0 Å². The van der Waals surface area contributed by atoms with Gasteiger partial charge in [-0.25, -0.2) is 0 Å². The van der Waals surface area contributed by atoms with Gasteiger partial charge in [-0.1, -0.05) is 17.7 Å². The zero-order chi connectivity index (χ0) is 17.8. The average Bonchev–Trinajstić information content (AvgIpc) is 3.41. The number of ether oxygens (including phenoxy) is 1. The number of benzene rings is 1. The van der Waals surface area contributed by atoms with Gasteiger partial charge in [-0.05, 0) is 31.0 Å². The minimum atomic E-state index is -0.248. The van der Waals surface area contributed by atoms with Crippen LogP contribution in [0, 0.1) is 18.8 Å². The number of halogens is 1. The summed E-state index contributed by atoms with van der Waals surface area (Å²) in [6.45, 7) is 6.61. The van der Waals surface area contributed by atoms with Crippen molar-refractivity contribution in [1.82, 2.24) is 10.2 Å². The molecule has 1 aromatic carbocycles. The van der Waals surface area contributed by atoms with Crippen LogP contribution in [-0.4, -0.2) is 56.1 Å². The number of rotatable bonds is 6. The first-order chi connectivity index (χ1) is 12.1. The van der Waals surface area contributed by atoms with Crippen LogP contribution in [0.4, 0.5) is 5.69 Å². The van der Waals surface area contributed by atoms with Crippen LogP contribution in [-0.2, 0) is 14.3 Å². The van der Waals surface area contributed by atoms with Crippen LogP contribution >= 0.6 is 11.6 Å². The lowest BCUT2D eigenvalue weighted by Crippen LogP contribution is -2.41. The zero-order valence-corrected chi connectivity index (χ0v) is 15.1. The third-order valence-electron chi connectivity index (χ3n) is 4.82. The standard InChI is InChI=1S/C18H24ClN3O3/c1-12-15(19)3-2-4-16(12)21-18(24)14-11-13(14)17(23)20-5-6-22-7-9-25-10-8-22/h2-4,13-14H,5-11H2,1H3,(H,20,23)(H,21,24). The van der Waals surface area contributed by atoms with Crippen molar-refractivity contribution in [2.24, 2.45) is 11.8 Å². The lowest BCUT2D eigenvalue weighted by Gasteiger charge is -2.26. The summed E-state index contributed by atoms with van der Waals surface area (Å²) in [4.78, 5) is 26.8. The molecule has 1 heterocycles. The van der Waals surface area contributed by atoms with Gasteiger partial charge in [-0.15, -0.1) is 0 Å². The highest BCUT2D eigenvalue weighted by Crippen LogP contribution is 2.39. The Hall–Kier alpha value is -1.63. The molecule has 2 aliphatic rings. The van der Waals surface area contributed by atoms with E-state index in [0.717, 1.165) is 38.4 Å². The monoisotopic (exact) mass is 365 g/mol. The van der Waals surface area contributed by atoms with Crippen molar-refractivity contribution < 1.29 is 14.3 Å². The molecule has 136 valence electrons. The highest BCUT2D eigenvalue weighted by molar-refractivity contribution is 6.31. The number of nitrogens with zero attached hydrogens (tertiary/aromatic N) is 1. The van der Waals surface area contributed by atoms with Gasteiger partial charge in [0, 0.05) is 36.9 Å². The molecule has 0 aromatic heterocycles. The second-order valence-electron chi connectivity index (χ2n) is 6.60. The molecular weight excluding hydrogens is 342 g/mol. The van der Waals surface area contributed by atoms with Crippen molar-refractivity contribution in [2.45, 2.75) is 13.3 Å². The Labute approximate surface area is 152 Å². The van der Waals surface area contributed by atoms with Crippen LogP contribution < -0.4 is 10.6 Å². The summed E-state index contributed by atoms with van der Waals surface area (Å²) in [5, 5.41) is 6.44. The van der Waals surface area contributed by atoms with Crippen LogP contribution in [0.5, 0.6) is 0 Å². The molecule has 2 atom stereocenters. The maximum atomic E-state index is 12.3. The van der Waals surface area contributed by atoms with Gasteiger partial charge >= 0.3 is 0 Å². The number of nitrogens with one attached hydrogen (secondary N) is 2. The summed E-state index contributed by atoms with van der Waals surface area (Å²) < 4.78 is 5.30. The SMILES string of the molecule is Cc1c(Cl)cccc1NC(=O)C1CC1C(=O)NCCN1CCOCC1. The number of anilines is 1. The molecule has 6 nitrogen and oxygen atoms in total. The summed E-state index contributed by atoms with van der Waals surface area (Å²) in [7, 11) is 0. The molecule has 1 aliphatic carbocycles. The largest absolute Gasteiger partial charge is 0.379 e. The number of hydrogen-bond donors (Lipinski definition) is 2. The van der Waals surface area contributed by atoms with E-state index < -0.39 is 0 Å². The Balaban J connectivity index is 1.41. The number of hydrogen-bond acceptors (Lipinski definition) is 4. The highest BCUT2D eigenvalue weighted by Gasteiger charge is 2.48. The van der Waals surface area contributed by atoms with Crippen molar-refractivity contribution in [1.29, 1.82) is 0 Å². The van der Waals surface area contributed by atoms with Crippen LogP contribution in [0.1, 0.15) is 12.0 Å². The van der Waals surface area contributed by atoms with Gasteiger partial charge in [0.15, 0.2) is 0 Å². The summed E-state index contributed by atoms with van der Waals surface area (Å²) in [6.07, 6.45) is 0.606. The average molecular weight is 366 g/mol. The van der Waals surface area contributed by atoms with E-state index in [2.05, 4.69) is 15.5 Å². The number of carbonyl (C=O) groups excluding carboxylic acids is 2. The lowest BCUT2D eigenvalue weighted by atomic mass is 10.2. The third kappa shape index (κ3) is 4.71. The van der Waals surface area contributed by atoms with Crippen molar-refractivity contribution in [3.63, 3.8) is 0 Å². The highest BCUT2D eigenvalue weighted by atomic mass is 35.5. The van der Waals surface area contributed by atoms with E-state index in [-0.39, 0.29) is 23.7 Å². The molecule has 1 saturated carbocycles. The number of morpholine rings is 1. The van der Waals surface area contributed by atoms with Crippen LogP contribution in [0.15, 0.2) is 18.2 Å². The fraction of sp³-hybridized carbons (Fsp3) is 0.556. The first kappa shape index (κ1) is 18.2. The molecule has 0 radical (unpaired) electrons. The van der Waals surface area contributed by atoms with Gasteiger partial charge in [0.2, 0.25) is 11.8 Å². The predicted octanol–water partition coefficient (Wildman–Crippen LogP) is 1.67. The Morgan fingerprint density at radius 2 is 1.96 bits per heavy atom. The van der Waals surface area contributed by atoms with E-state index in [1.807, 2.05) is 13.0 Å². The Morgan fingerprint density at radius 1 is 1.24 bits per heavy atom. The summed E-state index contributed by atoms with van der Waals surface area (Å²) >= 11 is 6.07. The molecule has 2 fully saturated rings. The van der Waals surface area contributed by atoms with E-state index in [9.17, 15) is 9.59 Å². The molecule has 2 unspecified atom stereocenters. The van der Waals surface area contributed by atoms with Crippen molar-refractivity contribution in [3.05, 3.63) is 28.8 Å². The predicted molar refractivity (Wildman–Crippen MR) is 96.7 cm³/mol. The van der Waals surface area contributed by atoms with Crippen LogP contribution in [0.25, 0.3) is 0 Å². The zero-order valence-electron chi connectivity index (χ0n) is 14.4. The van der Waals surface area contributed by atoms with Gasteiger partial charge in [0.05, 0.1) is 25.0 Å². The smallest absolute Gasteiger partial charge is 0.228 e. The van der Waals surface area contributed by atoms with E-state index >= 15 is 0 Å². The van der Waals surface area contributed by atoms with Gasteiger partial charge in [-0.2, -0.15) is 0 Å². The Morgan fingerprint density at radius 3 is 2.72 bits per heavy atom. The molecule has 2 N–H and O–H groups in total. The van der Waals surface area contributed by atoms with Crippen molar-refractivity contribution in [2.75, 3.05) is 44.7 Å². The minimum absolute atomic E-state index is 0.0313. The number of carbonyl (C=O) groups is 2. The maximum absolute atomic E-state index is 12.3. The van der Waals surface area contributed by atoms with Gasteiger partial charge in [0.1, 0.15) is 0 Å². The Kier molecular flexibility index (Phi) is 5.93. The molecule has 0 spiro atoms.